The highest BCUT2D eigenvalue weighted by Crippen LogP contribution is 2.61. The van der Waals surface area contributed by atoms with Gasteiger partial charge in [0.1, 0.15) is 24.4 Å². The number of amides is 1. The molecule has 1 saturated heterocycles. The Kier molecular flexibility index (Phi) is 14.7. The van der Waals surface area contributed by atoms with Crippen LogP contribution < -0.4 is 21.7 Å². The van der Waals surface area contributed by atoms with E-state index in [1.165, 1.54) is 6.92 Å². The molecule has 48 heavy (non-hydrogen) atoms. The number of nitrogens with two attached hydrogens (primary N) is 1. The van der Waals surface area contributed by atoms with Crippen molar-refractivity contribution in [3.63, 3.8) is 0 Å². The number of esters is 1. The van der Waals surface area contributed by atoms with Crippen molar-refractivity contribution in [1.82, 2.24) is 29.9 Å². The van der Waals surface area contributed by atoms with Gasteiger partial charge in [-0.3, -0.25) is 33.0 Å². The lowest BCUT2D eigenvalue weighted by Crippen LogP contribution is -2.36. The van der Waals surface area contributed by atoms with E-state index in [0.717, 1.165) is 36.6 Å². The van der Waals surface area contributed by atoms with E-state index in [-0.39, 0.29) is 48.5 Å². The number of ether oxygens (including phenoxy) is 2. The van der Waals surface area contributed by atoms with Gasteiger partial charge in [0.15, 0.2) is 17.4 Å². The Morgan fingerprint density at radius 1 is 1.17 bits per heavy atom. The maximum atomic E-state index is 13.6. The summed E-state index contributed by atoms with van der Waals surface area (Å²) < 4.78 is 53.9. The number of hydrogen-bond acceptors (Lipinski definition) is 15. The van der Waals surface area contributed by atoms with Crippen LogP contribution in [0.4, 0.5) is 5.95 Å². The summed E-state index contributed by atoms with van der Waals surface area (Å²) in [5.74, 6) is -1.28. The van der Waals surface area contributed by atoms with Crippen molar-refractivity contribution >= 4 is 44.6 Å². The summed E-state index contributed by atoms with van der Waals surface area (Å²) in [5.41, 5.74) is 4.76. The van der Waals surface area contributed by atoms with Gasteiger partial charge in [-0.2, -0.15) is 9.29 Å². The van der Waals surface area contributed by atoms with Gasteiger partial charge in [-0.1, -0.05) is 33.6 Å². The predicted octanol–water partition coefficient (Wildman–Crippen LogP) is 0.843. The van der Waals surface area contributed by atoms with Crippen molar-refractivity contribution in [2.24, 2.45) is 5.92 Å². The van der Waals surface area contributed by atoms with E-state index < -0.39 is 70.9 Å². The summed E-state index contributed by atoms with van der Waals surface area (Å²) in [6, 6.07) is -1.33. The minimum absolute atomic E-state index is 0.0663. The highest BCUT2D eigenvalue weighted by atomic mass is 31.3. The van der Waals surface area contributed by atoms with Crippen LogP contribution in [-0.2, 0) is 41.6 Å². The smallest absolute Gasteiger partial charge is 0.464 e. The summed E-state index contributed by atoms with van der Waals surface area (Å²) >= 11 is 0. The number of hydrogen-bond donors (Lipinski definition) is 7. The molecule has 272 valence electrons. The number of rotatable bonds is 20. The van der Waals surface area contributed by atoms with Gasteiger partial charge >= 0.3 is 21.5 Å². The number of imidazole rings is 1. The fourth-order valence-corrected chi connectivity index (χ4v) is 7.83. The molecule has 1 aliphatic heterocycles. The van der Waals surface area contributed by atoms with Crippen LogP contribution in [0.2, 0.25) is 0 Å². The number of H-pyrrole nitrogens is 1. The molecule has 2 aromatic rings. The number of anilines is 1. The van der Waals surface area contributed by atoms with Gasteiger partial charge in [-0.25, -0.2) is 19.2 Å². The Morgan fingerprint density at radius 2 is 1.85 bits per heavy atom. The molecule has 1 amide bonds. The monoisotopic (exact) mass is 725 g/mol. The number of aliphatic hydroxyl groups excluding tert-OH is 2. The van der Waals surface area contributed by atoms with Crippen LogP contribution in [0.15, 0.2) is 11.1 Å². The summed E-state index contributed by atoms with van der Waals surface area (Å²) in [4.78, 5) is 57.1. The van der Waals surface area contributed by atoms with Crippen LogP contribution in [0.5, 0.6) is 0 Å². The first-order valence-corrected chi connectivity index (χ1v) is 18.6. The Balaban J connectivity index is 1.68. The van der Waals surface area contributed by atoms with Crippen LogP contribution in [-0.4, -0.2) is 97.2 Å². The molecule has 3 rings (SSSR count). The van der Waals surface area contributed by atoms with Gasteiger partial charge in [0.2, 0.25) is 11.9 Å². The molecule has 1 fully saturated rings. The molecule has 1 aliphatic rings. The minimum atomic E-state index is -5.31. The molecule has 0 bridgehead atoms. The molecule has 8 N–H and O–H groups in total. The lowest BCUT2D eigenvalue weighted by atomic mass is 9.99. The topological polar surface area (TPSA) is 289 Å². The van der Waals surface area contributed by atoms with E-state index in [9.17, 15) is 38.6 Å². The number of aromatic nitrogens is 4. The number of aliphatic hydroxyl groups is 2. The summed E-state index contributed by atoms with van der Waals surface area (Å²) in [6.07, 6.45) is -1.41. The Labute approximate surface area is 276 Å². The van der Waals surface area contributed by atoms with E-state index in [2.05, 4.69) is 25.4 Å². The zero-order valence-electron chi connectivity index (χ0n) is 27.1. The average Bonchev–Trinajstić information content (AvgIpc) is 3.56. The fraction of sp³-hybridized carbons (Fsp3) is 0.731. The standard InChI is InChI=1S/C26H45N7O13P2/c1-5-8-16(9-6-2)12-42-25(38)15(4)32-47(39,43-11-10-28-18(34)7-3)46-48(40,41)44-13-17-20(35)21(36)24(45-17)33-14-29-19-22(33)30-26(27)31-23(19)37/h14-17,20-21,24,35-36H,5-13H2,1-4H3,(H,28,34)(H,32,39)(H,40,41)(H3,27,30,31,37)/t15-,17+,20+,21+,24+,47?/m0/s1. The van der Waals surface area contributed by atoms with Crippen LogP contribution in [0.3, 0.4) is 0 Å². The van der Waals surface area contributed by atoms with Gasteiger partial charge in [-0.05, 0) is 25.7 Å². The number of fused-ring (bicyclic) bond motifs is 1. The Morgan fingerprint density at radius 3 is 2.50 bits per heavy atom. The first-order valence-electron chi connectivity index (χ1n) is 15.5. The maximum absolute atomic E-state index is 13.6. The molecule has 0 aromatic carbocycles. The van der Waals surface area contributed by atoms with Gasteiger partial charge in [0.05, 0.1) is 26.1 Å². The van der Waals surface area contributed by atoms with Crippen molar-refractivity contribution in [1.29, 1.82) is 0 Å². The van der Waals surface area contributed by atoms with Gasteiger partial charge in [-0.15, -0.1) is 0 Å². The molecular formula is C26H45N7O13P2. The largest absolute Gasteiger partial charge is 0.480 e. The zero-order chi connectivity index (χ0) is 35.6. The van der Waals surface area contributed by atoms with Crippen LogP contribution in [0.1, 0.15) is 66.0 Å². The third-order valence-corrected chi connectivity index (χ3v) is 10.6. The maximum Gasteiger partial charge on any atom is 0.480 e. The Bertz CT molecular complexity index is 1530. The van der Waals surface area contributed by atoms with Gasteiger partial charge < -0.3 is 35.6 Å². The first kappa shape index (κ1) is 39.7. The summed E-state index contributed by atoms with van der Waals surface area (Å²) in [7, 11) is -10.1. The predicted molar refractivity (Wildman–Crippen MR) is 169 cm³/mol. The normalized spacial score (nSPS) is 22.8. The molecule has 3 heterocycles. The quantitative estimate of drug-likeness (QED) is 0.0565. The van der Waals surface area contributed by atoms with Crippen molar-refractivity contribution in [3.05, 3.63) is 16.7 Å². The van der Waals surface area contributed by atoms with Gasteiger partial charge in [0.25, 0.3) is 5.56 Å². The van der Waals surface area contributed by atoms with E-state index >= 15 is 0 Å². The molecular weight excluding hydrogens is 680 g/mol. The molecule has 0 radical (unpaired) electrons. The van der Waals surface area contributed by atoms with E-state index in [1.54, 1.807) is 6.92 Å². The van der Waals surface area contributed by atoms with Crippen molar-refractivity contribution < 1.29 is 56.7 Å². The van der Waals surface area contributed by atoms with Crippen LogP contribution >= 0.6 is 15.6 Å². The molecule has 0 saturated carbocycles. The van der Waals surface area contributed by atoms with E-state index in [0.29, 0.717) is 0 Å². The van der Waals surface area contributed by atoms with E-state index in [1.807, 2.05) is 13.8 Å². The second-order valence-corrected chi connectivity index (χ2v) is 14.5. The van der Waals surface area contributed by atoms with Crippen LogP contribution in [0.25, 0.3) is 11.2 Å². The summed E-state index contributed by atoms with van der Waals surface area (Å²) in [5, 5.41) is 26.0. The molecule has 2 aromatic heterocycles. The lowest BCUT2D eigenvalue weighted by Gasteiger charge is -2.25. The number of carbonyl (C=O) groups excluding carboxylic acids is 2. The first-order chi connectivity index (χ1) is 22.6. The SMILES string of the molecule is CCCC(CCC)COC(=O)[C@H](C)NP(=O)(OCCNC(=O)CC)OP(=O)(O)OC[C@H]1O[C@@H](n2cnc3c(=O)[nH]c(N)nc32)[C@H](O)[C@@H]1O. The highest BCUT2D eigenvalue weighted by Gasteiger charge is 2.46. The second-order valence-electron chi connectivity index (χ2n) is 11.1. The van der Waals surface area contributed by atoms with Gasteiger partial charge in [0, 0.05) is 13.0 Å². The van der Waals surface area contributed by atoms with E-state index in [4.69, 9.17) is 28.6 Å². The Hall–Kier alpha value is -2.77. The number of phosphoric acid groups is 1. The summed E-state index contributed by atoms with van der Waals surface area (Å²) in [6.45, 7) is 5.57. The number of nitrogens with zero attached hydrogens (tertiary/aromatic N) is 3. The molecule has 0 spiro atoms. The average molecular weight is 726 g/mol. The number of nitrogens with one attached hydrogen (secondary N) is 3. The molecule has 7 atom stereocenters. The number of phosphoric ester groups is 1. The van der Waals surface area contributed by atoms with Crippen molar-refractivity contribution in [2.45, 2.75) is 90.4 Å². The highest BCUT2D eigenvalue weighted by molar-refractivity contribution is 7.63. The van der Waals surface area contributed by atoms with Crippen molar-refractivity contribution in [3.8, 4) is 0 Å². The lowest BCUT2D eigenvalue weighted by molar-refractivity contribution is -0.146. The van der Waals surface area contributed by atoms with Crippen molar-refractivity contribution in [2.75, 3.05) is 32.1 Å². The minimum Gasteiger partial charge on any atom is -0.464 e. The van der Waals surface area contributed by atoms with Crippen LogP contribution in [0, 0.1) is 5.92 Å². The zero-order valence-corrected chi connectivity index (χ0v) is 28.9. The third kappa shape index (κ3) is 10.9. The number of nitrogen functional groups attached to an aromatic ring is 1. The molecule has 22 heteroatoms. The molecule has 20 nitrogen and oxygen atoms in total. The third-order valence-electron chi connectivity index (χ3n) is 7.24. The fourth-order valence-electron chi connectivity index (χ4n) is 4.86. The number of carbonyl (C=O) groups is 2. The second kappa shape index (κ2) is 17.8. The molecule has 0 aliphatic carbocycles. The molecule has 2 unspecified atom stereocenters. The number of aromatic amines is 1.